The van der Waals surface area contributed by atoms with Gasteiger partial charge in [0.15, 0.2) is 0 Å². The first kappa shape index (κ1) is 28.1. The zero-order valence-corrected chi connectivity index (χ0v) is 28.0. The zero-order chi connectivity index (χ0) is 33.1. The molecule has 0 N–H and O–H groups in total. The predicted molar refractivity (Wildman–Crippen MR) is 205 cm³/mol. The van der Waals surface area contributed by atoms with E-state index >= 15 is 0 Å². The fourth-order valence-corrected chi connectivity index (χ4v) is 8.68. The van der Waals surface area contributed by atoms with Gasteiger partial charge in [-0.2, -0.15) is 0 Å². The van der Waals surface area contributed by atoms with Crippen LogP contribution < -0.4 is 5.22 Å². The number of nitrogens with zero attached hydrogens (tertiary/aromatic N) is 1. The number of aryl methyl sites for hydroxylation is 4. The highest BCUT2D eigenvalue weighted by molar-refractivity contribution is 6.13. The molecule has 0 saturated heterocycles. The fourth-order valence-electron chi connectivity index (χ4n) is 8.68. The van der Waals surface area contributed by atoms with E-state index < -0.39 is 0 Å². The molecular formula is C46H33NO2. The van der Waals surface area contributed by atoms with Crippen LogP contribution in [0.1, 0.15) is 40.0 Å². The minimum Gasteiger partial charge on any atom is -0.456 e. The van der Waals surface area contributed by atoms with E-state index in [1.54, 1.807) is 6.08 Å². The Morgan fingerprint density at radius 3 is 2.22 bits per heavy atom. The van der Waals surface area contributed by atoms with Crippen molar-refractivity contribution in [1.82, 2.24) is 4.40 Å². The standard InChI is InChI=1S/C46H33NO2/c1-6-7-18-40-27(4)36-22-33(25(2)20-42(36)48-40)35-24-38-32-16-12-15-31-29-13-8-10-17-39(29)47(45(31)32)46(38)44(28(35)5)34-23-37-30-14-9-11-19-41(30)49-43(37)21-26(34)3/h1,7-11,13-15,17-24H,12,16H2,2-5H3/b18-7-. The normalized spacial score (nSPS) is 13.2. The number of aromatic nitrogens is 1. The average Bonchev–Trinajstić information content (AvgIpc) is 3.83. The van der Waals surface area contributed by atoms with Crippen LogP contribution in [-0.4, -0.2) is 4.40 Å². The van der Waals surface area contributed by atoms with Gasteiger partial charge >= 0.3 is 0 Å². The van der Waals surface area contributed by atoms with E-state index in [-0.39, 0.29) is 0 Å². The van der Waals surface area contributed by atoms with Crippen molar-refractivity contribution in [2.24, 2.45) is 0 Å². The summed E-state index contributed by atoms with van der Waals surface area (Å²) < 4.78 is 15.2. The minimum atomic E-state index is 0.805. The van der Waals surface area contributed by atoms with E-state index in [2.05, 4.69) is 117 Å². The Morgan fingerprint density at radius 1 is 0.673 bits per heavy atom. The maximum absolute atomic E-state index is 6.36. The summed E-state index contributed by atoms with van der Waals surface area (Å²) in [6, 6.07) is 28.9. The van der Waals surface area contributed by atoms with E-state index in [9.17, 15) is 0 Å². The summed E-state index contributed by atoms with van der Waals surface area (Å²) in [7, 11) is 0. The molecule has 1 aliphatic rings. The van der Waals surface area contributed by atoms with Gasteiger partial charge in [0, 0.05) is 43.3 Å². The molecule has 9 aromatic rings. The van der Waals surface area contributed by atoms with Gasteiger partial charge in [0.05, 0.1) is 16.6 Å². The Balaban J connectivity index is 1.37. The molecule has 3 heteroatoms. The molecule has 0 unspecified atom stereocenters. The maximum atomic E-state index is 6.36. The van der Waals surface area contributed by atoms with Gasteiger partial charge < -0.3 is 13.2 Å². The third-order valence-electron chi connectivity index (χ3n) is 11.0. The number of hydrogen-bond donors (Lipinski definition) is 0. The van der Waals surface area contributed by atoms with Gasteiger partial charge in [-0.1, -0.05) is 48.4 Å². The SMILES string of the molecule is C#C/C=C\c1oc2cc(C)c(-c3cc4c5c6c(c7ccccc7n6c4c(-c4cc6c(cc4C)oc4ccccc46)c3C)=CCC5)cc2c1C. The number of hydrogen-bond acceptors (Lipinski definition) is 2. The lowest BCUT2D eigenvalue weighted by Gasteiger charge is -2.19. The second kappa shape index (κ2) is 10.0. The van der Waals surface area contributed by atoms with Gasteiger partial charge in [-0.05, 0) is 134 Å². The highest BCUT2D eigenvalue weighted by atomic mass is 16.3. The van der Waals surface area contributed by atoms with E-state index in [4.69, 9.17) is 15.3 Å². The van der Waals surface area contributed by atoms with Gasteiger partial charge in [0.25, 0.3) is 0 Å². The van der Waals surface area contributed by atoms with E-state index in [0.29, 0.717) is 0 Å². The molecule has 1 aliphatic carbocycles. The first-order valence-corrected chi connectivity index (χ1v) is 17.0. The third-order valence-corrected chi connectivity index (χ3v) is 11.0. The van der Waals surface area contributed by atoms with Crippen molar-refractivity contribution in [1.29, 1.82) is 0 Å². The van der Waals surface area contributed by atoms with E-state index in [1.807, 2.05) is 12.1 Å². The number of para-hydroxylation sites is 2. The summed E-state index contributed by atoms with van der Waals surface area (Å²) in [6.07, 6.45) is 13.6. The molecule has 0 fully saturated rings. The molecule has 0 amide bonds. The molecule has 3 nitrogen and oxygen atoms in total. The molecule has 0 aliphatic heterocycles. The van der Waals surface area contributed by atoms with Crippen LogP contribution in [0.4, 0.5) is 0 Å². The van der Waals surface area contributed by atoms with Crippen LogP contribution in [0, 0.1) is 40.0 Å². The lowest BCUT2D eigenvalue weighted by atomic mass is 9.85. The summed E-state index contributed by atoms with van der Waals surface area (Å²) in [5, 5.41) is 7.43. The Bertz CT molecular complexity index is 3040. The predicted octanol–water partition coefficient (Wildman–Crippen LogP) is 11.6. The molecule has 4 heterocycles. The van der Waals surface area contributed by atoms with Gasteiger partial charge in [0.2, 0.25) is 0 Å². The smallest absolute Gasteiger partial charge is 0.135 e. The van der Waals surface area contributed by atoms with Gasteiger partial charge in [-0.25, -0.2) is 0 Å². The summed E-state index contributed by atoms with van der Waals surface area (Å²) in [5.74, 6) is 3.40. The van der Waals surface area contributed by atoms with Crippen LogP contribution in [0.15, 0.2) is 93.8 Å². The summed E-state index contributed by atoms with van der Waals surface area (Å²) in [5.41, 5.74) is 17.8. The second-order valence-electron chi connectivity index (χ2n) is 13.7. The fraction of sp³-hybridized carbons (Fsp3) is 0.130. The van der Waals surface area contributed by atoms with Crippen LogP contribution >= 0.6 is 0 Å². The quantitative estimate of drug-likeness (QED) is 0.182. The molecule has 10 rings (SSSR count). The highest BCUT2D eigenvalue weighted by Gasteiger charge is 2.27. The Hall–Kier alpha value is -5.98. The zero-order valence-electron chi connectivity index (χ0n) is 28.0. The molecule has 49 heavy (non-hydrogen) atoms. The lowest BCUT2D eigenvalue weighted by Crippen LogP contribution is -2.05. The van der Waals surface area contributed by atoms with Gasteiger partial charge in [-0.3, -0.25) is 0 Å². The first-order chi connectivity index (χ1) is 23.9. The number of rotatable bonds is 3. The Morgan fingerprint density at radius 2 is 1.39 bits per heavy atom. The van der Waals surface area contributed by atoms with Crippen molar-refractivity contribution in [2.75, 3.05) is 0 Å². The number of fused-ring (bicyclic) bond motifs is 10. The van der Waals surface area contributed by atoms with Crippen molar-refractivity contribution in [2.45, 2.75) is 40.5 Å². The van der Waals surface area contributed by atoms with Crippen molar-refractivity contribution in [3.8, 4) is 34.6 Å². The maximum Gasteiger partial charge on any atom is 0.135 e. The Kier molecular flexibility index (Phi) is 5.74. The molecular weight excluding hydrogens is 599 g/mol. The minimum absolute atomic E-state index is 0.805. The first-order valence-electron chi connectivity index (χ1n) is 17.0. The van der Waals surface area contributed by atoms with E-state index in [0.717, 1.165) is 57.1 Å². The van der Waals surface area contributed by atoms with Crippen LogP contribution in [0.3, 0.4) is 0 Å². The largest absolute Gasteiger partial charge is 0.456 e. The van der Waals surface area contributed by atoms with Crippen molar-refractivity contribution >= 4 is 72.4 Å². The summed E-state index contributed by atoms with van der Waals surface area (Å²) in [4.78, 5) is 0. The number of terminal acetylenes is 1. The third kappa shape index (κ3) is 3.75. The molecule has 0 saturated carbocycles. The monoisotopic (exact) mass is 631 g/mol. The van der Waals surface area contributed by atoms with E-state index in [1.165, 1.54) is 77.0 Å². The summed E-state index contributed by atoms with van der Waals surface area (Å²) in [6.45, 7) is 8.85. The van der Waals surface area contributed by atoms with Crippen LogP contribution in [0.5, 0.6) is 0 Å². The molecule has 0 atom stereocenters. The number of allylic oxidation sites excluding steroid dienone is 1. The second-order valence-corrected chi connectivity index (χ2v) is 13.7. The number of furan rings is 2. The molecule has 0 spiro atoms. The Labute approximate surface area is 283 Å². The topological polar surface area (TPSA) is 30.7 Å². The molecule has 0 radical (unpaired) electrons. The van der Waals surface area contributed by atoms with Crippen molar-refractivity contribution < 1.29 is 8.83 Å². The van der Waals surface area contributed by atoms with Crippen LogP contribution in [0.25, 0.3) is 94.6 Å². The number of benzene rings is 5. The molecule has 4 aromatic heterocycles. The highest BCUT2D eigenvalue weighted by Crippen LogP contribution is 2.47. The van der Waals surface area contributed by atoms with Crippen LogP contribution in [0.2, 0.25) is 0 Å². The lowest BCUT2D eigenvalue weighted by molar-refractivity contribution is 0.601. The summed E-state index contributed by atoms with van der Waals surface area (Å²) >= 11 is 0. The van der Waals surface area contributed by atoms with Gasteiger partial charge in [-0.15, -0.1) is 6.42 Å². The average molecular weight is 632 g/mol. The van der Waals surface area contributed by atoms with Crippen molar-refractivity contribution in [3.05, 3.63) is 124 Å². The molecule has 0 bridgehead atoms. The van der Waals surface area contributed by atoms with Crippen LogP contribution in [-0.2, 0) is 6.42 Å². The molecule has 234 valence electrons. The van der Waals surface area contributed by atoms with Gasteiger partial charge in [0.1, 0.15) is 22.5 Å². The van der Waals surface area contributed by atoms with Crippen molar-refractivity contribution in [3.63, 3.8) is 0 Å². The molecule has 5 aromatic carbocycles.